The predicted molar refractivity (Wildman–Crippen MR) is 79.0 cm³/mol. The lowest BCUT2D eigenvalue weighted by Crippen LogP contribution is -2.12. The van der Waals surface area contributed by atoms with Crippen molar-refractivity contribution in [3.63, 3.8) is 0 Å². The lowest BCUT2D eigenvalue weighted by Gasteiger charge is -2.04. The number of hydrogen-bond acceptors (Lipinski definition) is 5. The first-order valence-corrected chi connectivity index (χ1v) is 7.90. The molecule has 106 valence electrons. The maximum absolute atomic E-state index is 5.71. The SMILES string of the molecule is CSCc1ccc(CNCc2ccc3c(c2)OCO3)o1. The Labute approximate surface area is 122 Å². The third-order valence-corrected chi connectivity index (χ3v) is 3.64. The molecule has 0 amide bonds. The van der Waals surface area contributed by atoms with Crippen LogP contribution in [0.1, 0.15) is 17.1 Å². The van der Waals surface area contributed by atoms with Crippen molar-refractivity contribution < 1.29 is 13.9 Å². The number of furan rings is 1. The molecule has 1 aliphatic heterocycles. The highest BCUT2D eigenvalue weighted by atomic mass is 32.2. The minimum Gasteiger partial charge on any atom is -0.464 e. The van der Waals surface area contributed by atoms with Gasteiger partial charge in [0.05, 0.1) is 12.3 Å². The van der Waals surface area contributed by atoms with E-state index < -0.39 is 0 Å². The molecule has 0 unspecified atom stereocenters. The summed E-state index contributed by atoms with van der Waals surface area (Å²) in [5, 5.41) is 3.37. The van der Waals surface area contributed by atoms with Gasteiger partial charge >= 0.3 is 0 Å². The summed E-state index contributed by atoms with van der Waals surface area (Å²) in [6.07, 6.45) is 2.07. The van der Waals surface area contributed by atoms with Gasteiger partial charge in [-0.1, -0.05) is 6.07 Å². The minimum absolute atomic E-state index is 0.316. The van der Waals surface area contributed by atoms with E-state index in [1.807, 2.05) is 30.3 Å². The molecule has 0 spiro atoms. The maximum Gasteiger partial charge on any atom is 0.231 e. The number of rotatable bonds is 6. The first-order chi connectivity index (χ1) is 9.85. The highest BCUT2D eigenvalue weighted by Crippen LogP contribution is 2.32. The Morgan fingerprint density at radius 3 is 2.80 bits per heavy atom. The quantitative estimate of drug-likeness (QED) is 0.885. The van der Waals surface area contributed by atoms with Gasteiger partial charge in [-0.2, -0.15) is 11.8 Å². The summed E-state index contributed by atoms with van der Waals surface area (Å²) in [5.41, 5.74) is 1.17. The summed E-state index contributed by atoms with van der Waals surface area (Å²) >= 11 is 1.76. The molecule has 3 rings (SSSR count). The Balaban J connectivity index is 1.51. The van der Waals surface area contributed by atoms with Gasteiger partial charge in [-0.3, -0.25) is 0 Å². The summed E-state index contributed by atoms with van der Waals surface area (Å²) in [4.78, 5) is 0. The average molecular weight is 291 g/mol. The van der Waals surface area contributed by atoms with Gasteiger partial charge < -0.3 is 19.2 Å². The van der Waals surface area contributed by atoms with Gasteiger partial charge in [-0.25, -0.2) is 0 Å². The molecule has 5 heteroatoms. The molecular formula is C15H17NO3S. The first kappa shape index (κ1) is 13.4. The van der Waals surface area contributed by atoms with Crippen molar-refractivity contribution in [2.24, 2.45) is 0 Å². The van der Waals surface area contributed by atoms with Gasteiger partial charge in [0.1, 0.15) is 11.5 Å². The third-order valence-electron chi connectivity index (χ3n) is 3.07. The van der Waals surface area contributed by atoms with E-state index in [0.29, 0.717) is 6.79 Å². The summed E-state index contributed by atoms with van der Waals surface area (Å²) in [6, 6.07) is 10.1. The zero-order chi connectivity index (χ0) is 13.8. The van der Waals surface area contributed by atoms with Gasteiger partial charge in [0.2, 0.25) is 6.79 Å². The smallest absolute Gasteiger partial charge is 0.231 e. The van der Waals surface area contributed by atoms with E-state index in [2.05, 4.69) is 11.6 Å². The molecule has 1 aromatic carbocycles. The van der Waals surface area contributed by atoms with E-state index in [1.54, 1.807) is 11.8 Å². The highest BCUT2D eigenvalue weighted by molar-refractivity contribution is 7.97. The van der Waals surface area contributed by atoms with Crippen LogP contribution >= 0.6 is 11.8 Å². The zero-order valence-corrected chi connectivity index (χ0v) is 12.2. The molecule has 4 nitrogen and oxygen atoms in total. The molecule has 1 N–H and O–H groups in total. The molecule has 1 aromatic heterocycles. The van der Waals surface area contributed by atoms with Crippen molar-refractivity contribution in [3.8, 4) is 11.5 Å². The normalized spacial score (nSPS) is 12.8. The molecule has 0 bridgehead atoms. The standard InChI is InChI=1S/C15H17NO3S/c1-20-9-13-4-3-12(19-13)8-16-7-11-2-5-14-15(6-11)18-10-17-14/h2-6,16H,7-10H2,1H3. The Bertz CT molecular complexity index is 582. The number of benzene rings is 1. The Hall–Kier alpha value is -1.59. The largest absolute Gasteiger partial charge is 0.464 e. The van der Waals surface area contributed by atoms with Crippen molar-refractivity contribution in [2.75, 3.05) is 13.0 Å². The number of thioether (sulfide) groups is 1. The minimum atomic E-state index is 0.316. The number of fused-ring (bicyclic) bond motifs is 1. The number of nitrogens with one attached hydrogen (secondary N) is 1. The van der Waals surface area contributed by atoms with Crippen LogP contribution in [0, 0.1) is 0 Å². The lowest BCUT2D eigenvalue weighted by molar-refractivity contribution is 0.174. The topological polar surface area (TPSA) is 43.6 Å². The lowest BCUT2D eigenvalue weighted by atomic mass is 10.2. The first-order valence-electron chi connectivity index (χ1n) is 6.51. The van der Waals surface area contributed by atoms with Gasteiger partial charge in [0.15, 0.2) is 11.5 Å². The van der Waals surface area contributed by atoms with Crippen LogP contribution in [0.3, 0.4) is 0 Å². The van der Waals surface area contributed by atoms with Gasteiger partial charge in [-0.05, 0) is 36.1 Å². The fraction of sp³-hybridized carbons (Fsp3) is 0.333. The Kier molecular flexibility index (Phi) is 4.18. The molecule has 0 saturated heterocycles. The summed E-state index contributed by atoms with van der Waals surface area (Å²) in [7, 11) is 0. The third kappa shape index (κ3) is 3.11. The van der Waals surface area contributed by atoms with E-state index in [9.17, 15) is 0 Å². The molecule has 0 saturated carbocycles. The van der Waals surface area contributed by atoms with Crippen LogP contribution < -0.4 is 14.8 Å². The fourth-order valence-corrected chi connectivity index (χ4v) is 2.56. The van der Waals surface area contributed by atoms with Crippen LogP contribution in [0.15, 0.2) is 34.7 Å². The average Bonchev–Trinajstić information content (AvgIpc) is 3.08. The Morgan fingerprint density at radius 2 is 1.90 bits per heavy atom. The van der Waals surface area contributed by atoms with Gasteiger partial charge in [0, 0.05) is 6.54 Å². The monoisotopic (exact) mass is 291 g/mol. The van der Waals surface area contributed by atoms with Crippen LogP contribution in [0.25, 0.3) is 0 Å². The van der Waals surface area contributed by atoms with Gasteiger partial charge in [0.25, 0.3) is 0 Å². The molecule has 1 aliphatic rings. The fourth-order valence-electron chi connectivity index (χ4n) is 2.12. The van der Waals surface area contributed by atoms with E-state index in [1.165, 1.54) is 5.56 Å². The second-order valence-corrected chi connectivity index (χ2v) is 5.46. The highest BCUT2D eigenvalue weighted by Gasteiger charge is 2.12. The van der Waals surface area contributed by atoms with Crippen molar-refractivity contribution >= 4 is 11.8 Å². The van der Waals surface area contributed by atoms with E-state index >= 15 is 0 Å². The zero-order valence-electron chi connectivity index (χ0n) is 11.3. The molecule has 2 heterocycles. The molecular weight excluding hydrogens is 274 g/mol. The van der Waals surface area contributed by atoms with Gasteiger partial charge in [-0.15, -0.1) is 0 Å². The van der Waals surface area contributed by atoms with Crippen LogP contribution in [-0.4, -0.2) is 13.0 Å². The van der Waals surface area contributed by atoms with E-state index in [0.717, 1.165) is 41.9 Å². The summed E-state index contributed by atoms with van der Waals surface area (Å²) < 4.78 is 16.4. The van der Waals surface area contributed by atoms with E-state index in [-0.39, 0.29) is 0 Å². The molecule has 0 fully saturated rings. The molecule has 0 radical (unpaired) electrons. The molecule has 0 aliphatic carbocycles. The molecule has 20 heavy (non-hydrogen) atoms. The maximum atomic E-state index is 5.71. The van der Waals surface area contributed by atoms with Crippen LogP contribution in [0.2, 0.25) is 0 Å². The van der Waals surface area contributed by atoms with Crippen molar-refractivity contribution in [3.05, 3.63) is 47.4 Å². The van der Waals surface area contributed by atoms with Crippen LogP contribution in [-0.2, 0) is 18.8 Å². The number of hydrogen-bond donors (Lipinski definition) is 1. The second kappa shape index (κ2) is 6.24. The number of ether oxygens (including phenoxy) is 2. The summed E-state index contributed by atoms with van der Waals surface area (Å²) in [5.74, 6) is 4.56. The second-order valence-electron chi connectivity index (χ2n) is 4.59. The van der Waals surface area contributed by atoms with Crippen LogP contribution in [0.5, 0.6) is 11.5 Å². The van der Waals surface area contributed by atoms with Crippen LogP contribution in [0.4, 0.5) is 0 Å². The van der Waals surface area contributed by atoms with Crippen molar-refractivity contribution in [2.45, 2.75) is 18.8 Å². The Morgan fingerprint density at radius 1 is 1.05 bits per heavy atom. The molecule has 0 atom stereocenters. The van der Waals surface area contributed by atoms with Crippen molar-refractivity contribution in [1.29, 1.82) is 0 Å². The predicted octanol–water partition coefficient (Wildman–Crippen LogP) is 3.16. The van der Waals surface area contributed by atoms with E-state index in [4.69, 9.17) is 13.9 Å². The molecule has 2 aromatic rings. The summed E-state index contributed by atoms with van der Waals surface area (Å²) in [6.45, 7) is 1.81. The van der Waals surface area contributed by atoms with Crippen molar-refractivity contribution in [1.82, 2.24) is 5.32 Å².